The Kier molecular flexibility index (Phi) is 4.51. The maximum Gasteiger partial charge on any atom is 0.157 e. The Balaban J connectivity index is 1.53. The van der Waals surface area contributed by atoms with Gasteiger partial charge in [-0.25, -0.2) is 4.98 Å². The van der Waals surface area contributed by atoms with Gasteiger partial charge in [0.25, 0.3) is 0 Å². The zero-order valence-electron chi connectivity index (χ0n) is 15.4. The van der Waals surface area contributed by atoms with E-state index in [-0.39, 0.29) is 0 Å². The van der Waals surface area contributed by atoms with Crippen molar-refractivity contribution < 1.29 is 4.74 Å². The van der Waals surface area contributed by atoms with Gasteiger partial charge in [-0.1, -0.05) is 12.1 Å². The number of fused-ring (bicyclic) bond motifs is 1. The Morgan fingerprint density at radius 2 is 2.15 bits per heavy atom. The molecule has 1 aliphatic heterocycles. The van der Waals surface area contributed by atoms with E-state index < -0.39 is 0 Å². The van der Waals surface area contributed by atoms with Crippen molar-refractivity contribution in [3.05, 3.63) is 53.3 Å². The van der Waals surface area contributed by atoms with Crippen molar-refractivity contribution in [3.8, 4) is 5.75 Å². The van der Waals surface area contributed by atoms with Gasteiger partial charge in [-0.05, 0) is 44.0 Å². The minimum Gasteiger partial charge on any atom is -0.497 e. The molecule has 1 fully saturated rings. The van der Waals surface area contributed by atoms with E-state index in [1.54, 1.807) is 11.6 Å². The average molecular weight is 351 g/mol. The van der Waals surface area contributed by atoms with Crippen molar-refractivity contribution in [2.24, 2.45) is 0 Å². The molecule has 2 N–H and O–H groups in total. The number of nitrogens with zero attached hydrogens (tertiary/aromatic N) is 4. The van der Waals surface area contributed by atoms with Gasteiger partial charge in [-0.2, -0.15) is 9.61 Å². The summed E-state index contributed by atoms with van der Waals surface area (Å²) in [7, 11) is 1.71. The van der Waals surface area contributed by atoms with Gasteiger partial charge in [0.15, 0.2) is 5.65 Å². The molecular formula is C20H25N5O. The lowest BCUT2D eigenvalue weighted by Gasteiger charge is -2.32. The van der Waals surface area contributed by atoms with Gasteiger partial charge in [-0.15, -0.1) is 0 Å². The first-order valence-corrected chi connectivity index (χ1v) is 9.10. The van der Waals surface area contributed by atoms with Crippen molar-refractivity contribution in [3.63, 3.8) is 0 Å². The zero-order valence-corrected chi connectivity index (χ0v) is 15.4. The Hall–Kier alpha value is -2.60. The topological polar surface area (TPSA) is 68.7 Å². The van der Waals surface area contributed by atoms with Crippen LogP contribution in [0.5, 0.6) is 5.75 Å². The maximum absolute atomic E-state index is 6.20. The van der Waals surface area contributed by atoms with Gasteiger partial charge in [-0.3, -0.25) is 4.90 Å². The Bertz CT molecular complexity index is 920. The van der Waals surface area contributed by atoms with E-state index in [1.807, 2.05) is 31.2 Å². The molecule has 0 radical (unpaired) electrons. The predicted molar refractivity (Wildman–Crippen MR) is 102 cm³/mol. The molecule has 3 heterocycles. The number of benzene rings is 1. The van der Waals surface area contributed by atoms with E-state index in [0.717, 1.165) is 48.8 Å². The molecule has 0 spiro atoms. The molecule has 0 bridgehead atoms. The number of piperidine rings is 1. The molecule has 0 amide bonds. The maximum atomic E-state index is 6.20. The normalized spacial score (nSPS) is 18.3. The molecule has 0 saturated carbocycles. The van der Waals surface area contributed by atoms with Crippen molar-refractivity contribution in [2.75, 3.05) is 25.9 Å². The first kappa shape index (κ1) is 16.8. The van der Waals surface area contributed by atoms with Gasteiger partial charge >= 0.3 is 0 Å². The van der Waals surface area contributed by atoms with Crippen LogP contribution in [-0.2, 0) is 6.54 Å². The summed E-state index contributed by atoms with van der Waals surface area (Å²) in [6.45, 7) is 4.99. The van der Waals surface area contributed by atoms with Gasteiger partial charge in [0, 0.05) is 31.1 Å². The summed E-state index contributed by atoms with van der Waals surface area (Å²) < 4.78 is 7.06. The second-order valence-corrected chi connectivity index (χ2v) is 7.09. The zero-order chi connectivity index (χ0) is 18.1. The van der Waals surface area contributed by atoms with E-state index in [1.165, 1.54) is 12.0 Å². The lowest BCUT2D eigenvalue weighted by Crippen LogP contribution is -2.34. The molecule has 0 unspecified atom stereocenters. The number of aryl methyl sites for hydroxylation is 1. The van der Waals surface area contributed by atoms with Crippen LogP contribution >= 0.6 is 0 Å². The number of rotatable bonds is 4. The van der Waals surface area contributed by atoms with E-state index in [2.05, 4.69) is 22.1 Å². The number of aromatic nitrogens is 3. The molecule has 1 saturated heterocycles. The summed E-state index contributed by atoms with van der Waals surface area (Å²) in [5.41, 5.74) is 10.3. The van der Waals surface area contributed by atoms with E-state index in [0.29, 0.717) is 11.7 Å². The summed E-state index contributed by atoms with van der Waals surface area (Å²) in [5, 5.41) is 4.39. The van der Waals surface area contributed by atoms with Crippen molar-refractivity contribution in [1.82, 2.24) is 19.5 Å². The SMILES string of the molecule is COc1cccc(CN2CCC[C@H](c3cc(N)n4nc(C)cc4n3)C2)c1. The number of hydrogen-bond acceptors (Lipinski definition) is 5. The summed E-state index contributed by atoms with van der Waals surface area (Å²) >= 11 is 0. The minimum absolute atomic E-state index is 0.400. The van der Waals surface area contributed by atoms with E-state index in [9.17, 15) is 0 Å². The quantitative estimate of drug-likeness (QED) is 0.782. The summed E-state index contributed by atoms with van der Waals surface area (Å²) in [4.78, 5) is 7.32. The number of nitrogens with two attached hydrogens (primary N) is 1. The molecule has 1 aromatic carbocycles. The van der Waals surface area contributed by atoms with Crippen molar-refractivity contribution in [2.45, 2.75) is 32.2 Å². The highest BCUT2D eigenvalue weighted by molar-refractivity contribution is 5.48. The van der Waals surface area contributed by atoms with Crippen LogP contribution in [-0.4, -0.2) is 39.7 Å². The summed E-state index contributed by atoms with van der Waals surface area (Å²) in [6, 6.07) is 12.3. The molecule has 2 aromatic heterocycles. The van der Waals surface area contributed by atoms with E-state index >= 15 is 0 Å². The lowest BCUT2D eigenvalue weighted by molar-refractivity contribution is 0.198. The highest BCUT2D eigenvalue weighted by atomic mass is 16.5. The number of anilines is 1. The molecule has 136 valence electrons. The molecule has 0 aliphatic carbocycles. The first-order valence-electron chi connectivity index (χ1n) is 9.10. The number of ether oxygens (including phenoxy) is 1. The average Bonchev–Trinajstić information content (AvgIpc) is 3.03. The third kappa shape index (κ3) is 3.37. The fourth-order valence-corrected chi connectivity index (χ4v) is 3.81. The largest absolute Gasteiger partial charge is 0.497 e. The number of hydrogen-bond donors (Lipinski definition) is 1. The standard InChI is InChI=1S/C20H25N5O/c1-14-9-20-22-18(11-19(21)25(20)23-14)16-6-4-8-24(13-16)12-15-5-3-7-17(10-15)26-2/h3,5,7,9-11,16H,4,6,8,12-13,21H2,1-2H3/t16-/m0/s1. The Labute approximate surface area is 153 Å². The number of methoxy groups -OCH3 is 1. The fraction of sp³-hybridized carbons (Fsp3) is 0.400. The van der Waals surface area contributed by atoms with Crippen LogP contribution < -0.4 is 10.5 Å². The van der Waals surface area contributed by atoms with Gasteiger partial charge in [0.05, 0.1) is 18.5 Å². The lowest BCUT2D eigenvalue weighted by atomic mass is 9.94. The van der Waals surface area contributed by atoms with Crippen molar-refractivity contribution in [1.29, 1.82) is 0 Å². The monoisotopic (exact) mass is 351 g/mol. The van der Waals surface area contributed by atoms with Gasteiger partial charge in [0.2, 0.25) is 0 Å². The van der Waals surface area contributed by atoms with Crippen LogP contribution in [0.1, 0.15) is 35.7 Å². The fourth-order valence-electron chi connectivity index (χ4n) is 3.81. The molecule has 6 nitrogen and oxygen atoms in total. The summed E-state index contributed by atoms with van der Waals surface area (Å²) in [5.74, 6) is 1.96. The van der Waals surface area contributed by atoms with Crippen LogP contribution in [0, 0.1) is 6.92 Å². The molecular weight excluding hydrogens is 326 g/mol. The van der Waals surface area contributed by atoms with Gasteiger partial charge in [0.1, 0.15) is 11.6 Å². The molecule has 6 heteroatoms. The summed E-state index contributed by atoms with van der Waals surface area (Å²) in [6.07, 6.45) is 2.31. The number of nitrogen functional groups attached to an aromatic ring is 1. The second-order valence-electron chi connectivity index (χ2n) is 7.09. The van der Waals surface area contributed by atoms with E-state index in [4.69, 9.17) is 15.5 Å². The van der Waals surface area contributed by atoms with Crippen LogP contribution in [0.3, 0.4) is 0 Å². The highest BCUT2D eigenvalue weighted by Gasteiger charge is 2.23. The molecule has 3 aromatic rings. The van der Waals surface area contributed by atoms with Crippen molar-refractivity contribution >= 4 is 11.5 Å². The van der Waals surface area contributed by atoms with Gasteiger partial charge < -0.3 is 10.5 Å². The third-order valence-electron chi connectivity index (χ3n) is 5.06. The highest BCUT2D eigenvalue weighted by Crippen LogP contribution is 2.28. The Morgan fingerprint density at radius 1 is 1.27 bits per heavy atom. The molecule has 4 rings (SSSR count). The number of likely N-dealkylation sites (tertiary alicyclic amines) is 1. The third-order valence-corrected chi connectivity index (χ3v) is 5.06. The molecule has 26 heavy (non-hydrogen) atoms. The molecule has 1 atom stereocenters. The minimum atomic E-state index is 0.400. The second kappa shape index (κ2) is 6.96. The van der Waals surface area contributed by atoms with Crippen LogP contribution in [0.2, 0.25) is 0 Å². The molecule has 1 aliphatic rings. The predicted octanol–water partition coefficient (Wildman–Crippen LogP) is 3.01. The van der Waals surface area contributed by atoms with Crippen LogP contribution in [0.25, 0.3) is 5.65 Å². The smallest absolute Gasteiger partial charge is 0.157 e. The van der Waals surface area contributed by atoms with Crippen LogP contribution in [0.15, 0.2) is 36.4 Å². The van der Waals surface area contributed by atoms with Crippen LogP contribution in [0.4, 0.5) is 5.82 Å². The Morgan fingerprint density at radius 3 is 3.00 bits per heavy atom. The first-order chi connectivity index (χ1) is 12.6.